The van der Waals surface area contributed by atoms with Gasteiger partial charge in [-0.05, 0) is 0 Å². The second-order valence-electron chi connectivity index (χ2n) is 2.46. The lowest BCUT2D eigenvalue weighted by atomic mass is 10.5. The fraction of sp³-hybridized carbons (Fsp3) is 0.143. The Hall–Kier alpha value is -2.18. The van der Waals surface area contributed by atoms with Crippen LogP contribution in [0.5, 0.6) is 5.75 Å². The molecule has 7 nitrogen and oxygen atoms in total. The van der Waals surface area contributed by atoms with Gasteiger partial charge in [-0.2, -0.15) is 9.78 Å². The monoisotopic (exact) mass is 192 g/mol. The third-order valence-electron chi connectivity index (χ3n) is 1.65. The Labute approximate surface area is 79.6 Å². The van der Waals surface area contributed by atoms with Crippen molar-refractivity contribution in [2.75, 3.05) is 12.8 Å². The van der Waals surface area contributed by atoms with Gasteiger partial charge in [-0.3, -0.25) is 0 Å². The van der Waals surface area contributed by atoms with Gasteiger partial charge in [0.15, 0.2) is 5.82 Å². The fourth-order valence-electron chi connectivity index (χ4n) is 1.05. The molecular formula is C7H8N6O. The van der Waals surface area contributed by atoms with E-state index in [1.165, 1.54) is 30.8 Å². The van der Waals surface area contributed by atoms with E-state index in [9.17, 15) is 0 Å². The molecule has 14 heavy (non-hydrogen) atoms. The maximum atomic E-state index is 5.60. The number of hydrogen-bond donors (Lipinski definition) is 1. The van der Waals surface area contributed by atoms with Crippen molar-refractivity contribution in [3.63, 3.8) is 0 Å². The second-order valence-corrected chi connectivity index (χ2v) is 2.46. The summed E-state index contributed by atoms with van der Waals surface area (Å²) >= 11 is 0. The van der Waals surface area contributed by atoms with E-state index in [2.05, 4.69) is 20.1 Å². The van der Waals surface area contributed by atoms with Gasteiger partial charge in [0.05, 0.1) is 7.11 Å². The van der Waals surface area contributed by atoms with Crippen molar-refractivity contribution in [1.82, 2.24) is 24.7 Å². The normalized spacial score (nSPS) is 10.1. The molecule has 2 heterocycles. The molecule has 0 aromatic carbocycles. The molecule has 0 radical (unpaired) electrons. The van der Waals surface area contributed by atoms with Crippen LogP contribution < -0.4 is 10.5 Å². The number of ether oxygens (including phenoxy) is 1. The van der Waals surface area contributed by atoms with Crippen LogP contribution >= 0.6 is 0 Å². The minimum Gasteiger partial charge on any atom is -0.490 e. The van der Waals surface area contributed by atoms with E-state index >= 15 is 0 Å². The molecule has 2 aromatic rings. The molecule has 0 fully saturated rings. The number of methoxy groups -OCH3 is 1. The summed E-state index contributed by atoms with van der Waals surface area (Å²) in [6, 6.07) is 0. The van der Waals surface area contributed by atoms with Crippen molar-refractivity contribution < 1.29 is 4.74 Å². The van der Waals surface area contributed by atoms with Crippen LogP contribution in [-0.2, 0) is 0 Å². The smallest absolute Gasteiger partial charge is 0.206 e. The predicted molar refractivity (Wildman–Crippen MR) is 47.9 cm³/mol. The zero-order valence-electron chi connectivity index (χ0n) is 7.45. The summed E-state index contributed by atoms with van der Waals surface area (Å²) in [6.45, 7) is 0. The summed E-state index contributed by atoms with van der Waals surface area (Å²) in [7, 11) is 1.50. The van der Waals surface area contributed by atoms with Gasteiger partial charge in [0.2, 0.25) is 11.6 Å². The summed E-state index contributed by atoms with van der Waals surface area (Å²) < 4.78 is 6.52. The van der Waals surface area contributed by atoms with Crippen LogP contribution in [-0.4, -0.2) is 31.8 Å². The first-order chi connectivity index (χ1) is 6.83. The quantitative estimate of drug-likeness (QED) is 0.699. The Morgan fingerprint density at radius 1 is 1.36 bits per heavy atom. The largest absolute Gasteiger partial charge is 0.490 e. The molecule has 0 bridgehead atoms. The Kier molecular flexibility index (Phi) is 1.98. The van der Waals surface area contributed by atoms with Crippen LogP contribution in [0.25, 0.3) is 5.82 Å². The Morgan fingerprint density at radius 3 is 2.86 bits per heavy atom. The average Bonchev–Trinajstić information content (AvgIpc) is 2.70. The number of nitrogen functional groups attached to an aromatic ring is 1. The lowest BCUT2D eigenvalue weighted by molar-refractivity contribution is 0.409. The van der Waals surface area contributed by atoms with Crippen molar-refractivity contribution in [1.29, 1.82) is 0 Å². The highest BCUT2D eigenvalue weighted by atomic mass is 16.5. The molecule has 0 saturated heterocycles. The minimum absolute atomic E-state index is 0.271. The SMILES string of the molecule is COc1c(N)ncnc1-n1cncn1. The molecule has 2 N–H and O–H groups in total. The number of nitrogens with zero attached hydrogens (tertiary/aromatic N) is 5. The van der Waals surface area contributed by atoms with Crippen LogP contribution in [0.15, 0.2) is 19.0 Å². The van der Waals surface area contributed by atoms with Crippen molar-refractivity contribution in [3.05, 3.63) is 19.0 Å². The lowest BCUT2D eigenvalue weighted by Gasteiger charge is -2.07. The van der Waals surface area contributed by atoms with E-state index in [4.69, 9.17) is 10.5 Å². The van der Waals surface area contributed by atoms with E-state index in [0.29, 0.717) is 11.6 Å². The Balaban J connectivity index is 2.58. The van der Waals surface area contributed by atoms with Crippen LogP contribution in [0.4, 0.5) is 5.82 Å². The van der Waals surface area contributed by atoms with Gasteiger partial charge >= 0.3 is 0 Å². The molecule has 0 aliphatic carbocycles. The minimum atomic E-state index is 0.271. The molecule has 0 unspecified atom stereocenters. The third-order valence-corrected chi connectivity index (χ3v) is 1.65. The van der Waals surface area contributed by atoms with Crippen molar-refractivity contribution >= 4 is 5.82 Å². The molecule has 0 atom stereocenters. The number of rotatable bonds is 2. The number of hydrogen-bond acceptors (Lipinski definition) is 6. The summed E-state index contributed by atoms with van der Waals surface area (Å²) in [5.41, 5.74) is 5.60. The van der Waals surface area contributed by atoms with Gasteiger partial charge in [0, 0.05) is 0 Å². The van der Waals surface area contributed by atoms with E-state index < -0.39 is 0 Å². The number of nitrogens with two attached hydrogens (primary N) is 1. The van der Waals surface area contributed by atoms with Gasteiger partial charge in [-0.1, -0.05) is 0 Å². The van der Waals surface area contributed by atoms with Gasteiger partial charge in [-0.15, -0.1) is 0 Å². The summed E-state index contributed by atoms with van der Waals surface area (Å²) in [5.74, 6) is 1.13. The highest BCUT2D eigenvalue weighted by Crippen LogP contribution is 2.23. The van der Waals surface area contributed by atoms with E-state index in [1.807, 2.05) is 0 Å². The summed E-state index contributed by atoms with van der Waals surface area (Å²) in [4.78, 5) is 11.6. The average molecular weight is 192 g/mol. The van der Waals surface area contributed by atoms with Crippen LogP contribution in [0.1, 0.15) is 0 Å². The van der Waals surface area contributed by atoms with Crippen LogP contribution in [0, 0.1) is 0 Å². The summed E-state index contributed by atoms with van der Waals surface area (Å²) in [6.07, 6.45) is 4.25. The van der Waals surface area contributed by atoms with Crippen molar-refractivity contribution in [3.8, 4) is 11.6 Å². The van der Waals surface area contributed by atoms with E-state index in [1.54, 1.807) is 0 Å². The first kappa shape index (κ1) is 8.42. The molecule has 0 aliphatic rings. The molecule has 72 valence electrons. The van der Waals surface area contributed by atoms with Crippen molar-refractivity contribution in [2.24, 2.45) is 0 Å². The maximum absolute atomic E-state index is 5.60. The first-order valence-corrected chi connectivity index (χ1v) is 3.82. The van der Waals surface area contributed by atoms with Crippen molar-refractivity contribution in [2.45, 2.75) is 0 Å². The first-order valence-electron chi connectivity index (χ1n) is 3.82. The highest BCUT2D eigenvalue weighted by molar-refractivity contribution is 5.54. The Bertz CT molecular complexity index is 426. The van der Waals surface area contributed by atoms with Gasteiger partial charge in [-0.25, -0.2) is 15.0 Å². The number of aromatic nitrogens is 5. The molecule has 0 spiro atoms. The third kappa shape index (κ3) is 1.24. The highest BCUT2D eigenvalue weighted by Gasteiger charge is 2.11. The lowest BCUT2D eigenvalue weighted by Crippen LogP contribution is -2.05. The molecule has 0 saturated carbocycles. The standard InChI is InChI=1S/C7H8N6O/c1-14-5-6(8)10-3-11-7(5)13-4-9-2-12-13/h2-4H,1H3,(H2,8,10,11). The fourth-order valence-corrected chi connectivity index (χ4v) is 1.05. The second kappa shape index (κ2) is 3.29. The van der Waals surface area contributed by atoms with Gasteiger partial charge in [0.25, 0.3) is 0 Å². The maximum Gasteiger partial charge on any atom is 0.206 e. The molecule has 0 aliphatic heterocycles. The van der Waals surface area contributed by atoms with E-state index in [0.717, 1.165) is 0 Å². The molecule has 2 rings (SSSR count). The van der Waals surface area contributed by atoms with Crippen LogP contribution in [0.3, 0.4) is 0 Å². The zero-order valence-corrected chi connectivity index (χ0v) is 7.45. The van der Waals surface area contributed by atoms with Crippen LogP contribution in [0.2, 0.25) is 0 Å². The van der Waals surface area contributed by atoms with Gasteiger partial charge < -0.3 is 10.5 Å². The Morgan fingerprint density at radius 2 is 2.21 bits per heavy atom. The molecular weight excluding hydrogens is 184 g/mol. The van der Waals surface area contributed by atoms with E-state index in [-0.39, 0.29) is 5.82 Å². The molecule has 0 amide bonds. The summed E-state index contributed by atoms with van der Waals surface area (Å²) in [5, 5.41) is 3.92. The molecule has 2 aromatic heterocycles. The topological polar surface area (TPSA) is 91.7 Å². The van der Waals surface area contributed by atoms with Gasteiger partial charge in [0.1, 0.15) is 19.0 Å². The predicted octanol–water partition coefficient (Wildman–Crippen LogP) is -0.352. The number of anilines is 1. The molecule has 7 heteroatoms. The zero-order chi connectivity index (χ0) is 9.97.